The fourth-order valence-corrected chi connectivity index (χ4v) is 4.49. The van der Waals surface area contributed by atoms with Gasteiger partial charge in [0, 0.05) is 39.4 Å². The van der Waals surface area contributed by atoms with Crippen LogP contribution in [0.25, 0.3) is 0 Å². The summed E-state index contributed by atoms with van der Waals surface area (Å²) in [5.41, 5.74) is 5.57. The number of carbonyl (C=O) groups is 2. The van der Waals surface area contributed by atoms with Gasteiger partial charge in [-0.25, -0.2) is 4.79 Å². The van der Waals surface area contributed by atoms with Crippen molar-refractivity contribution in [3.63, 3.8) is 0 Å². The molecule has 0 saturated carbocycles. The minimum absolute atomic E-state index is 0.00110. The molecule has 1 aliphatic heterocycles. The van der Waals surface area contributed by atoms with Gasteiger partial charge in [-0.05, 0) is 47.4 Å². The predicted octanol–water partition coefficient (Wildman–Crippen LogP) is 4.07. The molecule has 3 aromatic carbocycles. The van der Waals surface area contributed by atoms with Crippen LogP contribution in [0, 0.1) is 0 Å². The number of esters is 1. The SMILES string of the molecule is COC(=O)c1ccccc1C(=O)NCC(c1ccc(N(C)C)cc1)N1CCc2ccccc2C1. The molecule has 6 nitrogen and oxygen atoms in total. The Morgan fingerprint density at radius 1 is 0.941 bits per heavy atom. The third kappa shape index (κ3) is 5.13. The summed E-state index contributed by atoms with van der Waals surface area (Å²) in [6, 6.07) is 23.8. The van der Waals surface area contributed by atoms with Crippen molar-refractivity contribution >= 4 is 17.6 Å². The molecule has 6 heteroatoms. The highest BCUT2D eigenvalue weighted by Crippen LogP contribution is 2.29. The molecule has 1 amide bonds. The Labute approximate surface area is 201 Å². The zero-order valence-electron chi connectivity index (χ0n) is 20.0. The lowest BCUT2D eigenvalue weighted by Gasteiger charge is -2.36. The minimum Gasteiger partial charge on any atom is -0.465 e. The van der Waals surface area contributed by atoms with Crippen LogP contribution in [-0.2, 0) is 17.7 Å². The van der Waals surface area contributed by atoms with Gasteiger partial charge < -0.3 is 15.0 Å². The number of ether oxygens (including phenoxy) is 1. The van der Waals surface area contributed by atoms with Crippen LogP contribution in [0.2, 0.25) is 0 Å². The van der Waals surface area contributed by atoms with Gasteiger partial charge in [-0.2, -0.15) is 0 Å². The molecule has 0 spiro atoms. The highest BCUT2D eigenvalue weighted by molar-refractivity contribution is 6.05. The van der Waals surface area contributed by atoms with E-state index in [1.807, 2.05) is 14.1 Å². The lowest BCUT2D eigenvalue weighted by molar-refractivity contribution is 0.0596. The maximum absolute atomic E-state index is 13.1. The number of benzene rings is 3. The van der Waals surface area contributed by atoms with Crippen molar-refractivity contribution in [3.8, 4) is 0 Å². The van der Waals surface area contributed by atoms with E-state index >= 15 is 0 Å². The zero-order valence-corrected chi connectivity index (χ0v) is 20.0. The molecule has 0 aromatic heterocycles. The molecular weight excluding hydrogens is 426 g/mol. The number of hydrogen-bond donors (Lipinski definition) is 1. The molecule has 176 valence electrons. The van der Waals surface area contributed by atoms with Crippen molar-refractivity contribution < 1.29 is 14.3 Å². The quantitative estimate of drug-likeness (QED) is 0.542. The van der Waals surface area contributed by atoms with Crippen molar-refractivity contribution in [3.05, 3.63) is 101 Å². The monoisotopic (exact) mass is 457 g/mol. The third-order valence-electron chi connectivity index (χ3n) is 6.43. The van der Waals surface area contributed by atoms with E-state index in [4.69, 9.17) is 4.74 Å². The summed E-state index contributed by atoms with van der Waals surface area (Å²) in [7, 11) is 5.36. The average molecular weight is 458 g/mol. The summed E-state index contributed by atoms with van der Waals surface area (Å²) in [6.45, 7) is 2.16. The first-order valence-corrected chi connectivity index (χ1v) is 11.5. The van der Waals surface area contributed by atoms with E-state index in [0.717, 1.165) is 30.8 Å². The number of anilines is 1. The first-order chi connectivity index (χ1) is 16.5. The van der Waals surface area contributed by atoms with Gasteiger partial charge in [-0.15, -0.1) is 0 Å². The number of rotatable bonds is 7. The first-order valence-electron chi connectivity index (χ1n) is 11.5. The predicted molar refractivity (Wildman–Crippen MR) is 134 cm³/mol. The van der Waals surface area contributed by atoms with Gasteiger partial charge in [0.05, 0.1) is 24.3 Å². The molecule has 4 rings (SSSR count). The third-order valence-corrected chi connectivity index (χ3v) is 6.43. The van der Waals surface area contributed by atoms with Crippen LogP contribution >= 0.6 is 0 Å². The summed E-state index contributed by atoms with van der Waals surface area (Å²) >= 11 is 0. The largest absolute Gasteiger partial charge is 0.465 e. The van der Waals surface area contributed by atoms with E-state index in [9.17, 15) is 9.59 Å². The number of amides is 1. The number of nitrogens with one attached hydrogen (secondary N) is 1. The Morgan fingerprint density at radius 2 is 1.59 bits per heavy atom. The second kappa shape index (κ2) is 10.5. The fraction of sp³-hybridized carbons (Fsp3) is 0.286. The van der Waals surface area contributed by atoms with Crippen LogP contribution in [0.4, 0.5) is 5.69 Å². The molecule has 1 unspecified atom stereocenters. The number of methoxy groups -OCH3 is 1. The molecular formula is C28H31N3O3. The van der Waals surface area contributed by atoms with Gasteiger partial charge in [0.1, 0.15) is 0 Å². The van der Waals surface area contributed by atoms with Crippen LogP contribution in [0.1, 0.15) is 43.4 Å². The second-order valence-electron chi connectivity index (χ2n) is 8.74. The Hall–Kier alpha value is -3.64. The van der Waals surface area contributed by atoms with Gasteiger partial charge in [-0.3, -0.25) is 9.69 Å². The summed E-state index contributed by atoms with van der Waals surface area (Å²) in [6.07, 6.45) is 0.974. The fourth-order valence-electron chi connectivity index (χ4n) is 4.49. The molecule has 0 bridgehead atoms. The van der Waals surface area contributed by atoms with Crippen LogP contribution in [0.15, 0.2) is 72.8 Å². The van der Waals surface area contributed by atoms with Gasteiger partial charge >= 0.3 is 5.97 Å². The van der Waals surface area contributed by atoms with Gasteiger partial charge in [0.25, 0.3) is 5.91 Å². The Morgan fingerprint density at radius 3 is 2.26 bits per heavy atom. The molecule has 0 saturated heterocycles. The molecule has 0 radical (unpaired) electrons. The topological polar surface area (TPSA) is 61.9 Å². The van der Waals surface area contributed by atoms with E-state index in [2.05, 4.69) is 63.6 Å². The van der Waals surface area contributed by atoms with Crippen molar-refractivity contribution in [2.24, 2.45) is 0 Å². The van der Waals surface area contributed by atoms with E-state index < -0.39 is 5.97 Å². The van der Waals surface area contributed by atoms with E-state index in [-0.39, 0.29) is 17.5 Å². The Kier molecular flexibility index (Phi) is 7.28. The summed E-state index contributed by atoms with van der Waals surface area (Å²) < 4.78 is 4.85. The number of hydrogen-bond acceptors (Lipinski definition) is 5. The molecule has 1 heterocycles. The van der Waals surface area contributed by atoms with Crippen LogP contribution in [0.3, 0.4) is 0 Å². The van der Waals surface area contributed by atoms with E-state index in [1.54, 1.807) is 24.3 Å². The molecule has 1 N–H and O–H groups in total. The molecule has 0 aliphatic carbocycles. The van der Waals surface area contributed by atoms with Crippen molar-refractivity contribution in [2.45, 2.75) is 19.0 Å². The maximum atomic E-state index is 13.1. The lowest BCUT2D eigenvalue weighted by atomic mass is 9.96. The van der Waals surface area contributed by atoms with Crippen LogP contribution < -0.4 is 10.2 Å². The van der Waals surface area contributed by atoms with Gasteiger partial charge in [0.15, 0.2) is 0 Å². The number of fused-ring (bicyclic) bond motifs is 1. The molecule has 1 atom stereocenters. The average Bonchev–Trinajstić information content (AvgIpc) is 2.88. The normalized spacial score (nSPS) is 14.1. The second-order valence-corrected chi connectivity index (χ2v) is 8.74. The zero-order chi connectivity index (χ0) is 24.1. The molecule has 0 fully saturated rings. The molecule has 3 aromatic rings. The highest BCUT2D eigenvalue weighted by Gasteiger charge is 2.26. The smallest absolute Gasteiger partial charge is 0.338 e. The highest BCUT2D eigenvalue weighted by atomic mass is 16.5. The summed E-state index contributed by atoms with van der Waals surface area (Å²) in [5, 5.41) is 3.08. The van der Waals surface area contributed by atoms with Crippen molar-refractivity contribution in [1.82, 2.24) is 10.2 Å². The molecule has 34 heavy (non-hydrogen) atoms. The van der Waals surface area contributed by atoms with Gasteiger partial charge in [0.2, 0.25) is 0 Å². The Balaban J connectivity index is 1.58. The standard InChI is InChI=1S/C28H31N3O3/c1-30(2)23-14-12-21(13-15-23)26(31-17-16-20-8-4-5-9-22(20)19-31)18-29-27(32)24-10-6-7-11-25(24)28(33)34-3/h4-15,26H,16-19H2,1-3H3,(H,29,32). The lowest BCUT2D eigenvalue weighted by Crippen LogP contribution is -2.41. The maximum Gasteiger partial charge on any atom is 0.338 e. The number of nitrogens with zero attached hydrogens (tertiary/aromatic N) is 2. The molecule has 1 aliphatic rings. The minimum atomic E-state index is -0.519. The van der Waals surface area contributed by atoms with E-state index in [1.165, 1.54) is 18.2 Å². The van der Waals surface area contributed by atoms with Crippen LogP contribution in [0.5, 0.6) is 0 Å². The van der Waals surface area contributed by atoms with Crippen LogP contribution in [-0.4, -0.2) is 51.1 Å². The summed E-state index contributed by atoms with van der Waals surface area (Å²) in [4.78, 5) is 29.7. The van der Waals surface area contributed by atoms with Gasteiger partial charge in [-0.1, -0.05) is 48.5 Å². The van der Waals surface area contributed by atoms with E-state index in [0.29, 0.717) is 12.1 Å². The van der Waals surface area contributed by atoms with Crippen molar-refractivity contribution in [1.29, 1.82) is 0 Å². The van der Waals surface area contributed by atoms with Crippen molar-refractivity contribution in [2.75, 3.05) is 39.2 Å². The first kappa shape index (κ1) is 23.5. The summed E-state index contributed by atoms with van der Waals surface area (Å²) in [5.74, 6) is -0.803. The number of carbonyl (C=O) groups excluding carboxylic acids is 2. The Bertz CT molecular complexity index is 1160.